The van der Waals surface area contributed by atoms with Crippen LogP contribution in [-0.4, -0.2) is 148 Å². The van der Waals surface area contributed by atoms with Gasteiger partial charge in [-0.05, 0) is 60.6 Å². The van der Waals surface area contributed by atoms with Crippen molar-refractivity contribution in [2.24, 2.45) is 17.2 Å². The lowest BCUT2D eigenvalue weighted by Gasteiger charge is -2.18. The van der Waals surface area contributed by atoms with Crippen molar-refractivity contribution in [2.75, 3.05) is 18.9 Å². The van der Waals surface area contributed by atoms with Gasteiger partial charge in [0, 0.05) is 82.9 Å². The average Bonchev–Trinajstić information content (AvgIpc) is 1.57. The first kappa shape index (κ1) is 81.0. The molecule has 17 N–H and O–H groups in total. The molecule has 0 aliphatic rings. The van der Waals surface area contributed by atoms with Gasteiger partial charge in [-0.1, -0.05) is 103 Å². The average molecular weight is 1340 g/mol. The minimum atomic E-state index is -1.23. The van der Waals surface area contributed by atoms with Gasteiger partial charge in [0.25, 0.3) is 0 Å². The summed E-state index contributed by atoms with van der Waals surface area (Å²) in [7, 11) is 0. The van der Waals surface area contributed by atoms with Crippen LogP contribution < -0.4 is 54.8 Å². The van der Waals surface area contributed by atoms with Crippen LogP contribution in [0.25, 0.3) is 0 Å². The number of primary amides is 3. The van der Waals surface area contributed by atoms with Gasteiger partial charge < -0.3 is 84.4 Å². The number of amides is 9. The number of nitrogens with two attached hydrogens (primary N) is 4. The molecule has 4 aromatic carbocycles. The van der Waals surface area contributed by atoms with Gasteiger partial charge >= 0.3 is 24.2 Å². The van der Waals surface area contributed by atoms with Gasteiger partial charge in [-0.3, -0.25) is 47.9 Å². The Bertz CT molecular complexity index is 3240. The fourth-order valence-corrected chi connectivity index (χ4v) is 8.18. The Morgan fingerprint density at radius 3 is 1.11 bits per heavy atom. The van der Waals surface area contributed by atoms with Gasteiger partial charge in [0.1, 0.15) is 25.9 Å². The van der Waals surface area contributed by atoms with Gasteiger partial charge in [0.15, 0.2) is 23.1 Å². The van der Waals surface area contributed by atoms with E-state index in [4.69, 9.17) is 48.7 Å². The predicted molar refractivity (Wildman–Crippen MR) is 345 cm³/mol. The molecule has 3 unspecified atom stereocenters. The van der Waals surface area contributed by atoms with E-state index >= 15 is 0 Å². The number of hydrogen-bond acceptors (Lipinski definition) is 20. The maximum atomic E-state index is 12.7. The summed E-state index contributed by atoms with van der Waals surface area (Å²) in [5, 5.41) is 41.8. The highest BCUT2D eigenvalue weighted by Gasteiger charge is 2.28. The summed E-state index contributed by atoms with van der Waals surface area (Å²) in [6.07, 6.45) is -0.250. The summed E-state index contributed by atoms with van der Waals surface area (Å²) in [5.74, 6) is -4.24. The summed E-state index contributed by atoms with van der Waals surface area (Å²) in [6.45, 7) is 0.670. The van der Waals surface area contributed by atoms with E-state index in [-0.39, 0.29) is 122 Å². The molecule has 30 heteroatoms. The number of carbonyl (C=O) groups excluding carboxylic acids is 13. The maximum absolute atomic E-state index is 12.7. The van der Waals surface area contributed by atoms with Crippen molar-refractivity contribution in [3.8, 4) is 12.3 Å². The van der Waals surface area contributed by atoms with Crippen molar-refractivity contribution >= 4 is 88.5 Å². The number of ketones is 4. The molecule has 0 spiro atoms. The largest absolute Gasteiger partial charge is 0.480 e. The Kier molecular flexibility index (Phi) is 38.9. The first-order valence-electron chi connectivity index (χ1n) is 30.2. The second kappa shape index (κ2) is 46.1. The van der Waals surface area contributed by atoms with E-state index in [1.807, 2.05) is 18.2 Å². The molecular weight excluding hydrogens is 1250 g/mol. The second-order valence-electron chi connectivity index (χ2n) is 21.4. The number of nitrogens with one attached hydrogen (secondary N) is 6. The highest BCUT2D eigenvalue weighted by molar-refractivity contribution is 5.94. The molecule has 0 aromatic heterocycles. The van der Waals surface area contributed by atoms with E-state index in [1.54, 1.807) is 97.1 Å². The minimum Gasteiger partial charge on any atom is -0.480 e. The van der Waals surface area contributed by atoms with Crippen LogP contribution in [-0.2, 0) is 93.2 Å². The number of aliphatic carboxylic acids is 1. The molecule has 9 amide bonds. The minimum absolute atomic E-state index is 0.00736. The monoisotopic (exact) mass is 1340 g/mol. The molecule has 4 aromatic rings. The van der Waals surface area contributed by atoms with Crippen LogP contribution in [0.4, 0.5) is 20.1 Å². The van der Waals surface area contributed by atoms with Gasteiger partial charge in [-0.15, -0.1) is 12.3 Å². The Morgan fingerprint density at radius 2 is 0.802 bits per heavy atom. The molecular formula is C66H84N10O20. The molecule has 0 bridgehead atoms. The molecule has 0 saturated carbocycles. The number of aliphatic hydroxyl groups is 2. The Morgan fingerprint density at radius 1 is 0.458 bits per heavy atom. The summed E-state index contributed by atoms with van der Waals surface area (Å²) >= 11 is 0. The van der Waals surface area contributed by atoms with Crippen molar-refractivity contribution in [3.63, 3.8) is 0 Å². The van der Waals surface area contributed by atoms with E-state index < -0.39 is 120 Å². The quantitative estimate of drug-likeness (QED) is 0.0171. The first-order chi connectivity index (χ1) is 45.7. The molecule has 0 saturated heterocycles. The number of carboxylic acids is 1. The van der Waals surface area contributed by atoms with Crippen molar-refractivity contribution < 1.29 is 96.7 Å². The van der Waals surface area contributed by atoms with Crippen LogP contribution in [0.15, 0.2) is 115 Å². The lowest BCUT2D eigenvalue weighted by molar-refractivity contribution is -0.141. The van der Waals surface area contributed by atoms with Crippen LogP contribution >= 0.6 is 0 Å². The highest BCUT2D eigenvalue weighted by Crippen LogP contribution is 2.13. The molecule has 4 rings (SSSR count). The lowest BCUT2D eigenvalue weighted by Crippen LogP contribution is -2.44. The maximum Gasteiger partial charge on any atom is 0.408 e. The Labute approximate surface area is 554 Å². The number of Topliss-reactive ketones (excluding diaryl/α,β-unsaturated/α-hetero) is 4. The number of nitrogen functional groups attached to an aromatic ring is 1. The number of anilines is 1. The number of carboxylic acid groups (broad SMARTS) is 1. The zero-order chi connectivity index (χ0) is 71.4. The Hall–Kier alpha value is -11.1. The fourth-order valence-electron chi connectivity index (χ4n) is 8.18. The van der Waals surface area contributed by atoms with Crippen molar-refractivity contribution in [3.05, 3.63) is 138 Å². The highest BCUT2D eigenvalue weighted by atomic mass is 16.6. The molecule has 0 aliphatic carbocycles. The number of terminal acetylenes is 1. The number of benzene rings is 4. The van der Waals surface area contributed by atoms with Crippen LogP contribution in [0.1, 0.15) is 113 Å². The van der Waals surface area contributed by atoms with Gasteiger partial charge in [0.2, 0.25) is 35.4 Å². The number of carbonyl (C=O) groups is 14. The summed E-state index contributed by atoms with van der Waals surface area (Å²) in [6, 6.07) is 28.2. The number of hydrogen-bond donors (Lipinski definition) is 13. The zero-order valence-corrected chi connectivity index (χ0v) is 53.0. The fraction of sp³-hybridized carbons (Fsp3) is 0.394. The second-order valence-corrected chi connectivity index (χ2v) is 21.4. The number of ether oxygens (including phenoxy) is 3. The third-order valence-electron chi connectivity index (χ3n) is 13.5. The topological polar surface area (TPSA) is 504 Å². The molecule has 0 aliphatic heterocycles. The molecule has 518 valence electrons. The van der Waals surface area contributed by atoms with Gasteiger partial charge in [-0.2, -0.15) is 0 Å². The van der Waals surface area contributed by atoms with E-state index in [9.17, 15) is 77.3 Å². The number of alkyl carbamates (subject to hydrolysis) is 3. The summed E-state index contributed by atoms with van der Waals surface area (Å²) in [5.41, 5.74) is 24.5. The molecule has 0 radical (unpaired) electrons. The molecule has 96 heavy (non-hydrogen) atoms. The standard InChI is InChI=1S/C25H30N4O7.C22H27N3O6.C19H27N3O7/c26-18-8-6-16(7-9-18)14-20(24(33)34)28-23(32)13-11-21(30)19(10-12-22(27)31)29-25(35)36-15-17-4-2-1-3-5-17;1-3-7-17(15(2)26)24-21(29)13-11-19(27)18(10-12-20(23)28)25-22(30)31-14-16-8-5-4-6-9-16;20-17(26)8-6-15(16(25)7-9-18(27)21-10-14(24)11-23)22-19(28)29-12-13-4-2-1-3-5-13/h1-9,19-20H,10-15,26H2,(H2,27,31)(H,28,32)(H,29,35)(H,33,34);1,4-6,8-9,17-18H,7,10-14H2,2H3,(H2,23,28)(H,24,29)(H,25,30);1-5,14-15,23-24H,6-12H2,(H2,20,26)(H,21,27)(H,22,28)/t19-,20?;17?,18-;14?,15-/m000/s1. The SMILES string of the molecule is C#CCC(NC(=O)CCC(=O)[C@H](CCC(N)=O)NC(=O)OCc1ccccc1)C(C)=O.NC(=O)CC[C@H](NC(=O)OCc1ccccc1)C(=O)CCC(=O)NC(Cc1ccc(N)cc1)C(=O)O.NC(=O)CC[C@H](NC(=O)OCc1ccccc1)C(=O)CCC(=O)NCC(O)CO. The predicted octanol–water partition coefficient (Wildman–Crippen LogP) is 1.65. The third-order valence-corrected chi connectivity index (χ3v) is 13.5. The molecule has 0 fully saturated rings. The molecule has 30 nitrogen and oxygen atoms in total. The molecule has 6 atom stereocenters. The van der Waals surface area contributed by atoms with Gasteiger partial charge in [-0.25, -0.2) is 19.2 Å². The molecule has 0 heterocycles. The first-order valence-corrected chi connectivity index (χ1v) is 30.2. The normalized spacial score (nSPS) is 12.2. The Balaban J connectivity index is 0.000000494. The van der Waals surface area contributed by atoms with Crippen molar-refractivity contribution in [2.45, 2.75) is 153 Å². The van der Waals surface area contributed by atoms with Crippen molar-refractivity contribution in [1.82, 2.24) is 31.9 Å². The van der Waals surface area contributed by atoms with Crippen LogP contribution in [0.2, 0.25) is 0 Å². The van der Waals surface area contributed by atoms with Crippen LogP contribution in [0.3, 0.4) is 0 Å². The van der Waals surface area contributed by atoms with Crippen LogP contribution in [0, 0.1) is 12.3 Å². The smallest absolute Gasteiger partial charge is 0.408 e. The van der Waals surface area contributed by atoms with E-state index in [1.165, 1.54) is 6.92 Å². The van der Waals surface area contributed by atoms with Gasteiger partial charge in [0.05, 0.1) is 36.9 Å². The van der Waals surface area contributed by atoms with Crippen molar-refractivity contribution in [1.29, 1.82) is 0 Å². The zero-order valence-electron chi connectivity index (χ0n) is 53.0. The van der Waals surface area contributed by atoms with E-state index in [2.05, 4.69) is 37.8 Å². The van der Waals surface area contributed by atoms with Crippen LogP contribution in [0.5, 0.6) is 0 Å². The summed E-state index contributed by atoms with van der Waals surface area (Å²) < 4.78 is 15.3. The number of rotatable bonds is 40. The van der Waals surface area contributed by atoms with E-state index in [0.29, 0.717) is 11.3 Å². The third kappa shape index (κ3) is 37.5. The van der Waals surface area contributed by atoms with E-state index in [0.717, 1.165) is 16.7 Å². The lowest BCUT2D eigenvalue weighted by atomic mass is 10.0. The summed E-state index contributed by atoms with van der Waals surface area (Å²) in [4.78, 5) is 166. The number of aliphatic hydroxyl groups excluding tert-OH is 2.